The third kappa shape index (κ3) is 4.16. The van der Waals surface area contributed by atoms with Gasteiger partial charge in [0, 0.05) is 23.2 Å². The molecule has 5 heteroatoms. The van der Waals surface area contributed by atoms with E-state index in [2.05, 4.69) is 5.32 Å². The van der Waals surface area contributed by atoms with Crippen molar-refractivity contribution in [3.63, 3.8) is 0 Å². The molecule has 2 aromatic rings. The van der Waals surface area contributed by atoms with Crippen LogP contribution in [-0.4, -0.2) is 7.11 Å². The molecule has 0 saturated heterocycles. The van der Waals surface area contributed by atoms with Gasteiger partial charge in [0.2, 0.25) is 0 Å². The molecule has 112 valence electrons. The summed E-state index contributed by atoms with van der Waals surface area (Å²) < 4.78 is 31.9. The number of ether oxygens (including phenoxy) is 1. The summed E-state index contributed by atoms with van der Waals surface area (Å²) in [5, 5.41) is 3.55. The lowest BCUT2D eigenvalue weighted by Gasteiger charge is -2.17. The van der Waals surface area contributed by atoms with Crippen molar-refractivity contribution >= 4 is 11.6 Å². The van der Waals surface area contributed by atoms with Crippen LogP contribution in [0, 0.1) is 11.6 Å². The minimum absolute atomic E-state index is 0.155. The van der Waals surface area contributed by atoms with Gasteiger partial charge in [0.1, 0.15) is 17.4 Å². The number of benzene rings is 2. The van der Waals surface area contributed by atoms with Crippen LogP contribution >= 0.6 is 11.6 Å². The number of hydrogen-bond acceptors (Lipinski definition) is 2. The minimum atomic E-state index is -0.379. The molecule has 0 bridgehead atoms. The van der Waals surface area contributed by atoms with Crippen molar-refractivity contribution < 1.29 is 13.5 Å². The summed E-state index contributed by atoms with van der Waals surface area (Å²) in [4.78, 5) is 0. The third-order valence-corrected chi connectivity index (χ3v) is 3.41. The molecule has 0 fully saturated rings. The van der Waals surface area contributed by atoms with E-state index in [1.807, 2.05) is 6.92 Å². The van der Waals surface area contributed by atoms with Gasteiger partial charge in [-0.15, -0.1) is 0 Å². The molecule has 0 aliphatic rings. The lowest BCUT2D eigenvalue weighted by Crippen LogP contribution is -2.19. The van der Waals surface area contributed by atoms with E-state index < -0.39 is 0 Å². The second-order valence-corrected chi connectivity index (χ2v) is 5.20. The summed E-state index contributed by atoms with van der Waals surface area (Å²) in [5.41, 5.74) is 1.43. The molecule has 1 N–H and O–H groups in total. The highest BCUT2D eigenvalue weighted by molar-refractivity contribution is 6.30. The summed E-state index contributed by atoms with van der Waals surface area (Å²) in [6, 6.07) is 8.56. The minimum Gasteiger partial charge on any atom is -0.496 e. The van der Waals surface area contributed by atoms with Crippen LogP contribution in [0.1, 0.15) is 24.1 Å². The number of rotatable bonds is 5. The van der Waals surface area contributed by atoms with Crippen molar-refractivity contribution in [2.45, 2.75) is 19.5 Å². The quantitative estimate of drug-likeness (QED) is 0.879. The smallest absolute Gasteiger partial charge is 0.125 e. The van der Waals surface area contributed by atoms with Crippen LogP contribution in [-0.2, 0) is 6.54 Å². The van der Waals surface area contributed by atoms with Gasteiger partial charge in [0.15, 0.2) is 0 Å². The maximum Gasteiger partial charge on any atom is 0.125 e. The van der Waals surface area contributed by atoms with Crippen LogP contribution in [0.25, 0.3) is 0 Å². The Morgan fingerprint density at radius 1 is 1.14 bits per heavy atom. The van der Waals surface area contributed by atoms with E-state index in [-0.39, 0.29) is 17.7 Å². The van der Waals surface area contributed by atoms with Crippen molar-refractivity contribution in [1.82, 2.24) is 5.32 Å². The van der Waals surface area contributed by atoms with Gasteiger partial charge in [0.05, 0.1) is 7.11 Å². The fraction of sp³-hybridized carbons (Fsp3) is 0.250. The van der Waals surface area contributed by atoms with Gasteiger partial charge in [-0.2, -0.15) is 0 Å². The Hall–Kier alpha value is -1.65. The topological polar surface area (TPSA) is 21.3 Å². The Labute approximate surface area is 127 Å². The predicted octanol–water partition coefficient (Wildman–Crippen LogP) is 4.48. The Balaban J connectivity index is 2.11. The summed E-state index contributed by atoms with van der Waals surface area (Å²) >= 11 is 5.81. The van der Waals surface area contributed by atoms with Crippen LogP contribution in [0.2, 0.25) is 5.02 Å². The van der Waals surface area contributed by atoms with Crippen molar-refractivity contribution in [3.8, 4) is 5.75 Å². The van der Waals surface area contributed by atoms with Gasteiger partial charge in [-0.05, 0) is 48.9 Å². The molecule has 0 heterocycles. The average Bonchev–Trinajstić information content (AvgIpc) is 2.43. The molecule has 0 spiro atoms. The van der Waals surface area contributed by atoms with Crippen LogP contribution < -0.4 is 10.1 Å². The first-order valence-electron chi connectivity index (χ1n) is 6.51. The Morgan fingerprint density at radius 2 is 1.90 bits per heavy atom. The van der Waals surface area contributed by atoms with Crippen LogP contribution in [0.5, 0.6) is 5.75 Å². The van der Waals surface area contributed by atoms with Crippen molar-refractivity contribution in [1.29, 1.82) is 0 Å². The van der Waals surface area contributed by atoms with Crippen molar-refractivity contribution in [2.75, 3.05) is 7.11 Å². The van der Waals surface area contributed by atoms with E-state index in [0.717, 1.165) is 5.56 Å². The first-order chi connectivity index (χ1) is 9.99. The zero-order chi connectivity index (χ0) is 15.4. The lowest BCUT2D eigenvalue weighted by atomic mass is 10.1. The van der Waals surface area contributed by atoms with E-state index in [9.17, 15) is 8.78 Å². The largest absolute Gasteiger partial charge is 0.496 e. The molecule has 0 amide bonds. The second-order valence-electron chi connectivity index (χ2n) is 4.77. The highest BCUT2D eigenvalue weighted by Gasteiger charge is 2.12. The average molecular weight is 312 g/mol. The zero-order valence-electron chi connectivity index (χ0n) is 11.8. The van der Waals surface area contributed by atoms with Gasteiger partial charge in [-0.1, -0.05) is 11.6 Å². The van der Waals surface area contributed by atoms with E-state index >= 15 is 0 Å². The Bertz CT molecular complexity index is 613. The monoisotopic (exact) mass is 311 g/mol. The summed E-state index contributed by atoms with van der Waals surface area (Å²) in [6.07, 6.45) is 0. The van der Waals surface area contributed by atoms with Crippen LogP contribution in [0.15, 0.2) is 36.4 Å². The molecule has 0 radical (unpaired) electrons. The molecular weight excluding hydrogens is 296 g/mol. The lowest BCUT2D eigenvalue weighted by molar-refractivity contribution is 0.399. The van der Waals surface area contributed by atoms with E-state index in [1.54, 1.807) is 12.1 Å². The molecular formula is C16H16ClF2NO. The van der Waals surface area contributed by atoms with Gasteiger partial charge in [0.25, 0.3) is 0 Å². The first kappa shape index (κ1) is 15.7. The third-order valence-electron chi connectivity index (χ3n) is 3.19. The van der Waals surface area contributed by atoms with E-state index in [4.69, 9.17) is 16.3 Å². The standard InChI is InChI=1S/C16H16ClF2NO/c1-10(15-8-13(18)3-4-16(15)21-2)20-9-11-5-12(17)7-14(19)6-11/h3-8,10,20H,9H2,1-2H3. The summed E-state index contributed by atoms with van der Waals surface area (Å²) in [7, 11) is 1.54. The molecule has 2 aromatic carbocycles. The Morgan fingerprint density at radius 3 is 2.57 bits per heavy atom. The van der Waals surface area contributed by atoms with Gasteiger partial charge >= 0.3 is 0 Å². The van der Waals surface area contributed by atoms with Crippen LogP contribution in [0.4, 0.5) is 8.78 Å². The predicted molar refractivity (Wildman–Crippen MR) is 79.6 cm³/mol. The molecule has 0 aliphatic carbocycles. The second kappa shape index (κ2) is 6.87. The number of hydrogen-bond donors (Lipinski definition) is 1. The van der Waals surface area contributed by atoms with Gasteiger partial charge < -0.3 is 10.1 Å². The fourth-order valence-corrected chi connectivity index (χ4v) is 2.38. The number of methoxy groups -OCH3 is 1. The van der Waals surface area contributed by atoms with Gasteiger partial charge in [-0.25, -0.2) is 8.78 Å². The SMILES string of the molecule is COc1ccc(F)cc1C(C)NCc1cc(F)cc(Cl)c1. The maximum atomic E-state index is 13.4. The van der Waals surface area contributed by atoms with Crippen molar-refractivity contribution in [2.24, 2.45) is 0 Å². The van der Waals surface area contributed by atoms with Crippen LogP contribution in [0.3, 0.4) is 0 Å². The summed E-state index contributed by atoms with van der Waals surface area (Å²) in [6.45, 7) is 2.30. The zero-order valence-corrected chi connectivity index (χ0v) is 12.5. The van der Waals surface area contributed by atoms with Crippen molar-refractivity contribution in [3.05, 3.63) is 64.2 Å². The highest BCUT2D eigenvalue weighted by atomic mass is 35.5. The molecule has 21 heavy (non-hydrogen) atoms. The van der Waals surface area contributed by atoms with E-state index in [0.29, 0.717) is 22.9 Å². The molecule has 0 aliphatic heterocycles. The number of halogens is 3. The van der Waals surface area contributed by atoms with E-state index in [1.165, 1.54) is 31.4 Å². The molecule has 0 aromatic heterocycles. The maximum absolute atomic E-state index is 13.4. The number of nitrogens with one attached hydrogen (secondary N) is 1. The normalized spacial score (nSPS) is 12.2. The molecule has 1 atom stereocenters. The molecule has 1 unspecified atom stereocenters. The van der Waals surface area contributed by atoms with Gasteiger partial charge in [-0.3, -0.25) is 0 Å². The Kier molecular flexibility index (Phi) is 5.15. The summed E-state index contributed by atoms with van der Waals surface area (Å²) in [5.74, 6) is -0.0998. The molecule has 0 saturated carbocycles. The highest BCUT2D eigenvalue weighted by Crippen LogP contribution is 2.26. The molecule has 2 rings (SSSR count). The molecule has 2 nitrogen and oxygen atoms in total. The fourth-order valence-electron chi connectivity index (χ4n) is 2.14. The first-order valence-corrected chi connectivity index (χ1v) is 6.89.